The molecule has 27 heavy (non-hydrogen) atoms. The fourth-order valence-electron chi connectivity index (χ4n) is 2.80. The third-order valence-corrected chi connectivity index (χ3v) is 4.38. The van der Waals surface area contributed by atoms with Crippen LogP contribution in [0.4, 0.5) is 36.4 Å². The Balaban J connectivity index is 2.86. The van der Waals surface area contributed by atoms with Crippen molar-refractivity contribution in [2.24, 2.45) is 11.1 Å². The van der Waals surface area contributed by atoms with Crippen molar-refractivity contribution in [3.63, 3.8) is 0 Å². The smallest absolute Gasteiger partial charge is 0.384 e. The first kappa shape index (κ1) is 20.9. The Morgan fingerprint density at radius 3 is 2.15 bits per heavy atom. The number of alkyl halides is 6. The zero-order chi connectivity index (χ0) is 20.8. The van der Waals surface area contributed by atoms with E-state index < -0.39 is 45.7 Å². The number of rotatable bonds is 2. The summed E-state index contributed by atoms with van der Waals surface area (Å²) in [5.74, 6) is -1.91. The van der Waals surface area contributed by atoms with Crippen LogP contribution in [0, 0.1) is 22.6 Å². The fourth-order valence-corrected chi connectivity index (χ4v) is 2.97. The highest BCUT2D eigenvalue weighted by Gasteiger charge is 2.73. The van der Waals surface area contributed by atoms with Crippen LogP contribution in [-0.4, -0.2) is 12.4 Å². The number of nitriles is 1. The van der Waals surface area contributed by atoms with Crippen molar-refractivity contribution >= 4 is 17.3 Å². The van der Waals surface area contributed by atoms with Crippen LogP contribution in [0.2, 0.25) is 5.02 Å². The lowest BCUT2D eigenvalue weighted by atomic mass is 9.75. The molecule has 0 aliphatic carbocycles. The van der Waals surface area contributed by atoms with Gasteiger partial charge in [-0.1, -0.05) is 18.5 Å². The van der Waals surface area contributed by atoms with Gasteiger partial charge in [0.2, 0.25) is 5.41 Å². The first-order valence-corrected chi connectivity index (χ1v) is 7.70. The van der Waals surface area contributed by atoms with Gasteiger partial charge in [-0.25, -0.2) is 4.39 Å². The summed E-state index contributed by atoms with van der Waals surface area (Å²) in [6.45, 7) is 1.31. The highest BCUT2D eigenvalue weighted by molar-refractivity contribution is 6.31. The van der Waals surface area contributed by atoms with Gasteiger partial charge >= 0.3 is 12.4 Å². The van der Waals surface area contributed by atoms with Gasteiger partial charge in [-0.2, -0.15) is 31.6 Å². The van der Waals surface area contributed by atoms with E-state index in [0.29, 0.717) is 0 Å². The van der Waals surface area contributed by atoms with Gasteiger partial charge in [-0.15, -0.1) is 0 Å². The maximum atomic E-state index is 13.6. The van der Waals surface area contributed by atoms with Crippen LogP contribution in [0.15, 0.2) is 41.4 Å². The van der Waals surface area contributed by atoms with Crippen LogP contribution in [0.1, 0.15) is 13.3 Å². The van der Waals surface area contributed by atoms with Gasteiger partial charge in [0.25, 0.3) is 0 Å². The monoisotopic (exact) mass is 413 g/mol. The molecule has 1 aromatic carbocycles. The summed E-state index contributed by atoms with van der Waals surface area (Å²) in [5.41, 5.74) is -1.23. The average Bonchev–Trinajstić information content (AvgIpc) is 2.54. The van der Waals surface area contributed by atoms with E-state index in [9.17, 15) is 30.7 Å². The van der Waals surface area contributed by atoms with Gasteiger partial charge in [0.1, 0.15) is 17.7 Å². The van der Waals surface area contributed by atoms with Crippen molar-refractivity contribution in [2.45, 2.75) is 25.7 Å². The number of nitrogens with zero attached hydrogens (tertiary/aromatic N) is 2. The Kier molecular flexibility index (Phi) is 5.14. The standard InChI is InChI=1S/C16H11ClF7N3/c1-2-8-6-14(15(19,20)21,16(22,23)24)10(7-25)13(26)27(8)9-3-4-12(18)11(17)5-9/h3-6H,2,26H2,1H3. The molecule has 0 unspecified atom stereocenters. The molecule has 2 rings (SSSR count). The first-order valence-electron chi connectivity index (χ1n) is 7.32. The predicted octanol–water partition coefficient (Wildman–Crippen LogP) is 5.40. The van der Waals surface area contributed by atoms with Gasteiger partial charge < -0.3 is 10.6 Å². The minimum Gasteiger partial charge on any atom is -0.384 e. The molecular weight excluding hydrogens is 403 g/mol. The minimum atomic E-state index is -5.87. The zero-order valence-corrected chi connectivity index (χ0v) is 14.3. The maximum Gasteiger partial charge on any atom is 0.411 e. The predicted molar refractivity (Wildman–Crippen MR) is 83.6 cm³/mol. The number of anilines is 1. The van der Waals surface area contributed by atoms with Crippen molar-refractivity contribution in [2.75, 3.05) is 4.90 Å². The molecule has 1 aliphatic heterocycles. The van der Waals surface area contributed by atoms with Crippen LogP contribution in [0.5, 0.6) is 0 Å². The summed E-state index contributed by atoms with van der Waals surface area (Å²) in [7, 11) is 0. The van der Waals surface area contributed by atoms with Crippen LogP contribution in [-0.2, 0) is 0 Å². The first-order chi connectivity index (χ1) is 12.3. The lowest BCUT2D eigenvalue weighted by Gasteiger charge is -2.42. The molecule has 1 aliphatic rings. The van der Waals surface area contributed by atoms with Crippen molar-refractivity contribution < 1.29 is 30.7 Å². The minimum absolute atomic E-state index is 0.0703. The summed E-state index contributed by atoms with van der Waals surface area (Å²) >= 11 is 5.64. The maximum absolute atomic E-state index is 13.6. The number of hydrogen-bond acceptors (Lipinski definition) is 3. The molecule has 0 spiro atoms. The number of halogens is 8. The fraction of sp³-hybridized carbons (Fsp3) is 0.312. The van der Waals surface area contributed by atoms with Crippen molar-refractivity contribution in [1.29, 1.82) is 5.26 Å². The third-order valence-electron chi connectivity index (χ3n) is 4.09. The Morgan fingerprint density at radius 2 is 1.74 bits per heavy atom. The molecule has 146 valence electrons. The summed E-state index contributed by atoms with van der Waals surface area (Å²) in [6.07, 6.45) is -12.1. The van der Waals surface area contributed by atoms with Crippen LogP contribution >= 0.6 is 11.6 Å². The van der Waals surface area contributed by atoms with Crippen LogP contribution in [0.3, 0.4) is 0 Å². The molecule has 3 nitrogen and oxygen atoms in total. The van der Waals surface area contributed by atoms with Crippen molar-refractivity contribution in [3.05, 3.63) is 52.2 Å². The SMILES string of the molecule is CCC1=CC(C(F)(F)F)(C(F)(F)F)C(C#N)=C(N)N1c1ccc(F)c(Cl)c1. The second-order valence-corrected chi connectivity index (χ2v) is 6.01. The number of benzene rings is 1. The van der Waals surface area contributed by atoms with E-state index in [2.05, 4.69) is 0 Å². The summed E-state index contributed by atoms with van der Waals surface area (Å²) in [4.78, 5) is 0.819. The molecule has 0 bridgehead atoms. The molecule has 0 atom stereocenters. The van der Waals surface area contributed by atoms with E-state index in [1.807, 2.05) is 0 Å². The summed E-state index contributed by atoms with van der Waals surface area (Å²) < 4.78 is 94.7. The Morgan fingerprint density at radius 1 is 1.19 bits per heavy atom. The molecule has 0 fully saturated rings. The highest BCUT2D eigenvalue weighted by atomic mass is 35.5. The largest absolute Gasteiger partial charge is 0.411 e. The molecule has 1 aromatic rings. The molecule has 1 heterocycles. The molecule has 11 heteroatoms. The van der Waals surface area contributed by atoms with E-state index in [0.717, 1.165) is 29.2 Å². The Hall–Kier alpha value is -2.41. The molecular formula is C16H11ClF7N3. The van der Waals surface area contributed by atoms with E-state index in [1.54, 1.807) is 0 Å². The molecule has 0 radical (unpaired) electrons. The topological polar surface area (TPSA) is 53.1 Å². The number of nitrogens with two attached hydrogens (primary N) is 1. The highest BCUT2D eigenvalue weighted by Crippen LogP contribution is 2.59. The molecule has 0 amide bonds. The summed E-state index contributed by atoms with van der Waals surface area (Å²) in [6, 6.07) is 3.88. The van der Waals surface area contributed by atoms with Crippen LogP contribution < -0.4 is 10.6 Å². The Bertz CT molecular complexity index is 848. The van der Waals surface area contributed by atoms with E-state index in [1.165, 1.54) is 6.92 Å². The zero-order valence-electron chi connectivity index (χ0n) is 13.5. The average molecular weight is 414 g/mol. The third kappa shape index (κ3) is 3.10. The van der Waals surface area contributed by atoms with Gasteiger partial charge in [0.05, 0.1) is 10.6 Å². The molecule has 0 aromatic heterocycles. The van der Waals surface area contributed by atoms with Crippen LogP contribution in [0.25, 0.3) is 0 Å². The van der Waals surface area contributed by atoms with Gasteiger partial charge in [0.15, 0.2) is 0 Å². The normalized spacial score (nSPS) is 17.6. The second kappa shape index (κ2) is 6.64. The molecule has 0 saturated carbocycles. The van der Waals surface area contributed by atoms with E-state index >= 15 is 0 Å². The van der Waals surface area contributed by atoms with Crippen molar-refractivity contribution in [3.8, 4) is 6.07 Å². The van der Waals surface area contributed by atoms with Gasteiger partial charge in [0, 0.05) is 11.4 Å². The quantitative estimate of drug-likeness (QED) is 0.661. The second-order valence-electron chi connectivity index (χ2n) is 5.60. The lowest BCUT2D eigenvalue weighted by Crippen LogP contribution is -2.54. The molecule has 2 N–H and O–H groups in total. The number of hydrogen-bond donors (Lipinski definition) is 1. The van der Waals surface area contributed by atoms with Gasteiger partial charge in [-0.05, 0) is 30.7 Å². The van der Waals surface area contributed by atoms with Crippen molar-refractivity contribution in [1.82, 2.24) is 0 Å². The molecule has 0 saturated heterocycles. The Labute approximate surface area is 154 Å². The van der Waals surface area contributed by atoms with E-state index in [4.69, 9.17) is 22.6 Å². The van der Waals surface area contributed by atoms with Gasteiger partial charge in [-0.3, -0.25) is 0 Å². The number of allylic oxidation sites excluding steroid dienone is 3. The van der Waals surface area contributed by atoms with E-state index in [-0.39, 0.29) is 18.2 Å². The lowest BCUT2D eigenvalue weighted by molar-refractivity contribution is -0.306. The summed E-state index contributed by atoms with van der Waals surface area (Å²) in [5, 5.41) is 8.70.